The molecular formula is C22H34O4S2. The monoisotopic (exact) mass is 426 g/mol. The van der Waals surface area contributed by atoms with Crippen LogP contribution < -0.4 is 9.47 Å². The first-order valence-electron chi connectivity index (χ1n) is 10.4. The molecule has 0 saturated heterocycles. The Hall–Kier alpha value is -1.14. The highest BCUT2D eigenvalue weighted by Crippen LogP contribution is 2.37. The second-order valence-electron chi connectivity index (χ2n) is 7.10. The number of hydrogen-bond donors (Lipinski definition) is 2. The molecule has 2 atom stereocenters. The third-order valence-electron chi connectivity index (χ3n) is 4.96. The van der Waals surface area contributed by atoms with Gasteiger partial charge >= 0.3 is 11.9 Å². The van der Waals surface area contributed by atoms with Gasteiger partial charge in [-0.05, 0) is 37.8 Å². The maximum Gasteiger partial charge on any atom is 0.314 e. The standard InChI is InChI=1S/C22H34O4S2/c1-5-9-11-15(7-3)21(23)25-17-13-14-18(20(28)19(17)27)26-22(24)16(8-4)12-10-6-2/h13-16,27-28H,5-12H2,1-4H3. The summed E-state index contributed by atoms with van der Waals surface area (Å²) in [6.07, 6.45) is 7.16. The minimum Gasteiger partial charge on any atom is -0.425 e. The molecule has 0 aliphatic carbocycles. The van der Waals surface area contributed by atoms with Gasteiger partial charge in [-0.3, -0.25) is 9.59 Å². The molecule has 0 radical (unpaired) electrons. The summed E-state index contributed by atoms with van der Waals surface area (Å²) in [5, 5.41) is 0. The van der Waals surface area contributed by atoms with Crippen molar-refractivity contribution in [2.45, 2.75) is 88.9 Å². The summed E-state index contributed by atoms with van der Waals surface area (Å²) in [6.45, 7) is 8.17. The molecule has 6 heteroatoms. The minimum atomic E-state index is -0.255. The van der Waals surface area contributed by atoms with Gasteiger partial charge < -0.3 is 9.47 Å². The number of benzene rings is 1. The van der Waals surface area contributed by atoms with Gasteiger partial charge in [0.05, 0.1) is 21.6 Å². The lowest BCUT2D eigenvalue weighted by atomic mass is 10.00. The average Bonchev–Trinajstić information content (AvgIpc) is 2.68. The van der Waals surface area contributed by atoms with Crippen molar-refractivity contribution in [1.29, 1.82) is 0 Å². The number of esters is 2. The van der Waals surface area contributed by atoms with Crippen LogP contribution in [0.15, 0.2) is 21.9 Å². The van der Waals surface area contributed by atoms with Crippen LogP contribution in [0.2, 0.25) is 0 Å². The summed E-state index contributed by atoms with van der Waals surface area (Å²) < 4.78 is 11.1. The first-order chi connectivity index (χ1) is 13.4. The molecule has 0 heterocycles. The number of hydrogen-bond acceptors (Lipinski definition) is 6. The van der Waals surface area contributed by atoms with Crippen LogP contribution in [0.4, 0.5) is 0 Å². The summed E-state index contributed by atoms with van der Waals surface area (Å²) >= 11 is 8.87. The molecule has 0 N–H and O–H groups in total. The molecule has 4 nitrogen and oxygen atoms in total. The van der Waals surface area contributed by atoms with Gasteiger partial charge in [-0.2, -0.15) is 0 Å². The van der Waals surface area contributed by atoms with Crippen molar-refractivity contribution < 1.29 is 19.1 Å². The van der Waals surface area contributed by atoms with Crippen LogP contribution in [0.25, 0.3) is 0 Å². The number of unbranched alkanes of at least 4 members (excludes halogenated alkanes) is 2. The van der Waals surface area contributed by atoms with Gasteiger partial charge in [0.2, 0.25) is 0 Å². The summed E-state index contributed by atoms with van der Waals surface area (Å²) in [5.74, 6) is -0.0873. The normalized spacial score (nSPS) is 13.1. The SMILES string of the molecule is CCCCC(CC)C(=O)Oc1ccc(OC(=O)C(CC)CCCC)c(S)c1S. The molecule has 0 fully saturated rings. The molecule has 1 aromatic rings. The smallest absolute Gasteiger partial charge is 0.314 e. The number of thiol groups is 2. The zero-order valence-corrected chi connectivity index (χ0v) is 19.3. The molecule has 158 valence electrons. The maximum absolute atomic E-state index is 12.4. The molecule has 0 saturated carbocycles. The summed E-state index contributed by atoms with van der Waals surface area (Å²) in [7, 11) is 0. The van der Waals surface area contributed by atoms with E-state index in [0.29, 0.717) is 21.3 Å². The molecule has 0 amide bonds. The van der Waals surface area contributed by atoms with Crippen molar-refractivity contribution in [2.24, 2.45) is 11.8 Å². The first-order valence-corrected chi connectivity index (χ1v) is 11.3. The number of carbonyl (C=O) groups is 2. The average molecular weight is 427 g/mol. The fraction of sp³-hybridized carbons (Fsp3) is 0.636. The Balaban J connectivity index is 2.86. The molecule has 28 heavy (non-hydrogen) atoms. The maximum atomic E-state index is 12.4. The van der Waals surface area contributed by atoms with Crippen LogP contribution in [-0.4, -0.2) is 11.9 Å². The van der Waals surface area contributed by atoms with E-state index in [1.54, 1.807) is 12.1 Å². The summed E-state index contributed by atoms with van der Waals surface area (Å²) in [6, 6.07) is 3.23. The third-order valence-corrected chi connectivity index (χ3v) is 6.03. The quantitative estimate of drug-likeness (QED) is 0.227. The molecule has 0 aromatic heterocycles. The van der Waals surface area contributed by atoms with E-state index >= 15 is 0 Å². The molecule has 0 aliphatic heterocycles. The van der Waals surface area contributed by atoms with Crippen LogP contribution in [0, 0.1) is 11.8 Å². The second kappa shape index (κ2) is 13.2. The van der Waals surface area contributed by atoms with E-state index < -0.39 is 0 Å². The second-order valence-corrected chi connectivity index (χ2v) is 7.99. The highest BCUT2D eigenvalue weighted by atomic mass is 32.1. The van der Waals surface area contributed by atoms with Crippen LogP contribution in [0.5, 0.6) is 11.5 Å². The third kappa shape index (κ3) is 7.36. The molecule has 0 aliphatic rings. The van der Waals surface area contributed by atoms with Crippen LogP contribution in [0.3, 0.4) is 0 Å². The van der Waals surface area contributed by atoms with Crippen LogP contribution in [-0.2, 0) is 9.59 Å². The van der Waals surface area contributed by atoms with E-state index in [1.807, 2.05) is 13.8 Å². The van der Waals surface area contributed by atoms with Gasteiger partial charge in [0, 0.05) is 0 Å². The van der Waals surface area contributed by atoms with Crippen molar-refractivity contribution in [3.63, 3.8) is 0 Å². The van der Waals surface area contributed by atoms with Gasteiger partial charge in [-0.1, -0.05) is 53.4 Å². The molecule has 0 spiro atoms. The van der Waals surface area contributed by atoms with E-state index in [0.717, 1.165) is 51.4 Å². The van der Waals surface area contributed by atoms with Crippen molar-refractivity contribution in [3.05, 3.63) is 12.1 Å². The van der Waals surface area contributed by atoms with Gasteiger partial charge in [0.25, 0.3) is 0 Å². The van der Waals surface area contributed by atoms with Crippen molar-refractivity contribution in [3.8, 4) is 11.5 Å². The highest BCUT2D eigenvalue weighted by molar-refractivity contribution is 7.83. The van der Waals surface area contributed by atoms with Gasteiger partial charge in [-0.25, -0.2) is 0 Å². The van der Waals surface area contributed by atoms with E-state index in [-0.39, 0.29) is 23.8 Å². The molecule has 2 unspecified atom stereocenters. The van der Waals surface area contributed by atoms with E-state index in [1.165, 1.54) is 0 Å². The van der Waals surface area contributed by atoms with Gasteiger partial charge in [-0.15, -0.1) is 25.3 Å². The van der Waals surface area contributed by atoms with Gasteiger partial charge in [0.1, 0.15) is 11.5 Å². The van der Waals surface area contributed by atoms with E-state index in [9.17, 15) is 9.59 Å². The van der Waals surface area contributed by atoms with Crippen molar-refractivity contribution in [1.82, 2.24) is 0 Å². The Morgan fingerprint density at radius 1 is 0.786 bits per heavy atom. The number of ether oxygens (including phenoxy) is 2. The van der Waals surface area contributed by atoms with Crippen molar-refractivity contribution >= 4 is 37.2 Å². The predicted molar refractivity (Wildman–Crippen MR) is 119 cm³/mol. The topological polar surface area (TPSA) is 52.6 Å². The van der Waals surface area contributed by atoms with Crippen molar-refractivity contribution in [2.75, 3.05) is 0 Å². The van der Waals surface area contributed by atoms with Crippen LogP contribution in [0.1, 0.15) is 79.1 Å². The largest absolute Gasteiger partial charge is 0.425 e. The van der Waals surface area contributed by atoms with E-state index in [4.69, 9.17) is 9.47 Å². The lowest BCUT2D eigenvalue weighted by Crippen LogP contribution is -2.21. The first kappa shape index (κ1) is 24.9. The zero-order valence-electron chi connectivity index (χ0n) is 17.5. The highest BCUT2D eigenvalue weighted by Gasteiger charge is 2.23. The number of rotatable bonds is 12. The molecular weight excluding hydrogens is 392 g/mol. The van der Waals surface area contributed by atoms with Gasteiger partial charge in [0.15, 0.2) is 0 Å². The summed E-state index contributed by atoms with van der Waals surface area (Å²) in [4.78, 5) is 25.7. The fourth-order valence-corrected chi connectivity index (χ4v) is 3.43. The fourth-order valence-electron chi connectivity index (χ4n) is 2.97. The molecule has 0 bridgehead atoms. The zero-order chi connectivity index (χ0) is 21.1. The number of carbonyl (C=O) groups excluding carboxylic acids is 2. The summed E-state index contributed by atoms with van der Waals surface area (Å²) in [5.41, 5.74) is 0. The molecule has 1 rings (SSSR count). The Bertz CT molecular complexity index is 591. The minimum absolute atomic E-state index is 0.127. The predicted octanol–water partition coefficient (Wildman–Crippen LogP) is 6.51. The Morgan fingerprint density at radius 2 is 1.14 bits per heavy atom. The van der Waals surface area contributed by atoms with Crippen LogP contribution >= 0.6 is 25.3 Å². The molecule has 1 aromatic carbocycles. The Morgan fingerprint density at radius 3 is 1.43 bits per heavy atom. The Kier molecular flexibility index (Phi) is 11.7. The lowest BCUT2D eigenvalue weighted by molar-refractivity contribution is -0.140. The Labute approximate surface area is 180 Å². The van der Waals surface area contributed by atoms with E-state index in [2.05, 4.69) is 39.1 Å². The lowest BCUT2D eigenvalue weighted by Gasteiger charge is -2.17.